The molecule has 1 aromatic carbocycles. The minimum Gasteiger partial charge on any atom is -0.297 e. The van der Waals surface area contributed by atoms with Crippen molar-refractivity contribution in [1.82, 2.24) is 4.90 Å². The van der Waals surface area contributed by atoms with Crippen molar-refractivity contribution in [2.24, 2.45) is 0 Å². The van der Waals surface area contributed by atoms with Crippen molar-refractivity contribution in [3.8, 4) is 0 Å². The number of thiophene rings is 1. The fourth-order valence-corrected chi connectivity index (χ4v) is 6.32. The molecule has 3 nitrogen and oxygen atoms in total. The number of hydrogen-bond donors (Lipinski definition) is 0. The van der Waals surface area contributed by atoms with E-state index in [4.69, 9.17) is 0 Å². The summed E-state index contributed by atoms with van der Waals surface area (Å²) in [6.07, 6.45) is 0. The Kier molecular flexibility index (Phi) is 2.77. The number of rotatable bonds is 2. The Morgan fingerprint density at radius 1 is 1.20 bits per heavy atom. The molecular weight excluding hydrogens is 290 g/mol. The Labute approximate surface area is 122 Å². The summed E-state index contributed by atoms with van der Waals surface area (Å²) in [5, 5.41) is 3.95. The van der Waals surface area contributed by atoms with E-state index >= 15 is 0 Å². The third-order valence-electron chi connectivity index (χ3n) is 4.35. The van der Waals surface area contributed by atoms with E-state index < -0.39 is 9.84 Å². The van der Waals surface area contributed by atoms with Crippen LogP contribution in [0, 0.1) is 0 Å². The first-order chi connectivity index (χ1) is 9.66. The molecule has 0 aliphatic carbocycles. The van der Waals surface area contributed by atoms with Crippen LogP contribution < -0.4 is 0 Å². The molecule has 0 spiro atoms. The van der Waals surface area contributed by atoms with Gasteiger partial charge in [-0.1, -0.05) is 18.2 Å². The van der Waals surface area contributed by atoms with Crippen molar-refractivity contribution in [1.29, 1.82) is 0 Å². The smallest absolute Gasteiger partial charge is 0.183 e. The zero-order valence-electron chi connectivity index (χ0n) is 10.9. The van der Waals surface area contributed by atoms with Crippen molar-refractivity contribution in [3.05, 3.63) is 52.2 Å². The summed E-state index contributed by atoms with van der Waals surface area (Å²) >= 11 is 1.69. The monoisotopic (exact) mass is 305 g/mol. The summed E-state index contributed by atoms with van der Waals surface area (Å²) < 4.78 is 25.2. The molecule has 2 unspecified atom stereocenters. The molecule has 1 saturated heterocycles. The van der Waals surface area contributed by atoms with Crippen LogP contribution in [0.1, 0.15) is 17.0 Å². The maximum absolute atomic E-state index is 12.6. The molecule has 0 radical (unpaired) electrons. The van der Waals surface area contributed by atoms with Crippen LogP contribution >= 0.6 is 11.3 Å². The number of sulfone groups is 1. The third-order valence-corrected chi connectivity index (χ3v) is 7.34. The van der Waals surface area contributed by atoms with Crippen molar-refractivity contribution in [2.45, 2.75) is 22.6 Å². The number of hydrogen-bond acceptors (Lipinski definition) is 4. The molecule has 1 fully saturated rings. The summed E-state index contributed by atoms with van der Waals surface area (Å²) in [4.78, 5) is 2.83. The van der Waals surface area contributed by atoms with Crippen molar-refractivity contribution >= 4 is 21.2 Å². The zero-order valence-corrected chi connectivity index (χ0v) is 12.5. The van der Waals surface area contributed by atoms with Crippen LogP contribution in [0.2, 0.25) is 0 Å². The molecule has 4 rings (SSSR count). The van der Waals surface area contributed by atoms with Gasteiger partial charge in [0.2, 0.25) is 0 Å². The van der Waals surface area contributed by atoms with Crippen LogP contribution in [0.5, 0.6) is 0 Å². The van der Waals surface area contributed by atoms with Crippen molar-refractivity contribution in [2.75, 3.05) is 13.1 Å². The fourth-order valence-electron chi connectivity index (χ4n) is 3.44. The summed E-state index contributed by atoms with van der Waals surface area (Å²) in [7, 11) is -3.13. The van der Waals surface area contributed by atoms with Gasteiger partial charge in [-0.2, -0.15) is 11.3 Å². The van der Waals surface area contributed by atoms with Gasteiger partial charge in [0.15, 0.2) is 9.84 Å². The highest BCUT2D eigenvalue weighted by atomic mass is 32.2. The van der Waals surface area contributed by atoms with Gasteiger partial charge in [0.1, 0.15) is 0 Å². The van der Waals surface area contributed by atoms with E-state index in [1.165, 1.54) is 5.56 Å². The SMILES string of the molecule is O=S1(=O)c2ccccc2C2CN(Cc3ccsc3)CC21. The largest absolute Gasteiger partial charge is 0.297 e. The quantitative estimate of drug-likeness (QED) is 0.855. The van der Waals surface area contributed by atoms with Crippen LogP contribution in [-0.2, 0) is 16.4 Å². The fraction of sp³-hybridized carbons (Fsp3) is 0.333. The molecule has 2 aliphatic rings. The summed E-state index contributed by atoms with van der Waals surface area (Å²) in [6.45, 7) is 2.35. The Morgan fingerprint density at radius 2 is 2.05 bits per heavy atom. The second-order valence-electron chi connectivity index (χ2n) is 5.55. The molecule has 0 amide bonds. The summed E-state index contributed by atoms with van der Waals surface area (Å²) in [6, 6.07) is 9.61. The van der Waals surface area contributed by atoms with E-state index in [1.54, 1.807) is 17.4 Å². The molecule has 2 aliphatic heterocycles. The second kappa shape index (κ2) is 4.41. The molecule has 5 heteroatoms. The van der Waals surface area contributed by atoms with Crippen LogP contribution in [0.15, 0.2) is 46.0 Å². The topological polar surface area (TPSA) is 37.4 Å². The number of benzene rings is 1. The Morgan fingerprint density at radius 3 is 2.85 bits per heavy atom. The van der Waals surface area contributed by atoms with E-state index in [1.807, 2.05) is 18.2 Å². The van der Waals surface area contributed by atoms with Crippen LogP contribution in [0.4, 0.5) is 0 Å². The number of nitrogens with zero attached hydrogens (tertiary/aromatic N) is 1. The molecule has 0 saturated carbocycles. The maximum Gasteiger partial charge on any atom is 0.183 e. The van der Waals surface area contributed by atoms with Gasteiger partial charge >= 0.3 is 0 Å². The highest BCUT2D eigenvalue weighted by Crippen LogP contribution is 2.44. The molecule has 0 bridgehead atoms. The van der Waals surface area contributed by atoms with E-state index in [-0.39, 0.29) is 11.2 Å². The van der Waals surface area contributed by atoms with Gasteiger partial charge in [-0.15, -0.1) is 0 Å². The van der Waals surface area contributed by atoms with E-state index in [0.29, 0.717) is 11.4 Å². The lowest BCUT2D eigenvalue weighted by Crippen LogP contribution is -2.25. The van der Waals surface area contributed by atoms with Gasteiger partial charge < -0.3 is 0 Å². The van der Waals surface area contributed by atoms with Crippen LogP contribution in [0.3, 0.4) is 0 Å². The first-order valence-corrected chi connectivity index (χ1v) is 9.21. The number of fused-ring (bicyclic) bond motifs is 3. The first-order valence-electron chi connectivity index (χ1n) is 6.72. The maximum atomic E-state index is 12.6. The highest BCUT2D eigenvalue weighted by molar-refractivity contribution is 7.92. The van der Waals surface area contributed by atoms with Crippen molar-refractivity contribution < 1.29 is 8.42 Å². The highest BCUT2D eigenvalue weighted by Gasteiger charge is 2.49. The molecule has 104 valence electrons. The molecule has 2 atom stereocenters. The zero-order chi connectivity index (χ0) is 13.7. The van der Waals surface area contributed by atoms with Gasteiger partial charge in [0.25, 0.3) is 0 Å². The van der Waals surface area contributed by atoms with E-state index in [2.05, 4.69) is 21.7 Å². The minimum absolute atomic E-state index is 0.148. The summed E-state index contributed by atoms with van der Waals surface area (Å²) in [5.41, 5.74) is 2.30. The predicted molar refractivity (Wildman–Crippen MR) is 79.8 cm³/mol. The van der Waals surface area contributed by atoms with E-state index in [0.717, 1.165) is 18.7 Å². The Balaban J connectivity index is 1.66. The molecule has 0 N–H and O–H groups in total. The van der Waals surface area contributed by atoms with Gasteiger partial charge in [-0.3, -0.25) is 4.90 Å². The van der Waals surface area contributed by atoms with Gasteiger partial charge in [0.05, 0.1) is 10.1 Å². The van der Waals surface area contributed by atoms with E-state index in [9.17, 15) is 8.42 Å². The van der Waals surface area contributed by atoms with Crippen LogP contribution in [-0.4, -0.2) is 31.7 Å². The van der Waals surface area contributed by atoms with Gasteiger partial charge in [-0.25, -0.2) is 8.42 Å². The summed E-state index contributed by atoms with van der Waals surface area (Å²) in [5.74, 6) is 0.148. The molecular formula is C15H15NO2S2. The lowest BCUT2D eigenvalue weighted by molar-refractivity contribution is 0.326. The number of likely N-dealkylation sites (tertiary alicyclic amines) is 1. The standard InChI is InChI=1S/C15H15NO2S2/c17-20(18)14-4-2-1-3-12(14)13-8-16(9-15(13)20)7-11-5-6-19-10-11/h1-6,10,13,15H,7-9H2. The lowest BCUT2D eigenvalue weighted by Gasteiger charge is -2.16. The van der Waals surface area contributed by atoms with Gasteiger partial charge in [-0.05, 0) is 34.0 Å². The third kappa shape index (κ3) is 1.77. The Hall–Kier alpha value is -1.17. The predicted octanol–water partition coefficient (Wildman–Crippen LogP) is 2.50. The van der Waals surface area contributed by atoms with Crippen molar-refractivity contribution in [3.63, 3.8) is 0 Å². The second-order valence-corrected chi connectivity index (χ2v) is 8.47. The van der Waals surface area contributed by atoms with Crippen LogP contribution in [0.25, 0.3) is 0 Å². The average Bonchev–Trinajstić information content (AvgIpc) is 3.12. The molecule has 20 heavy (non-hydrogen) atoms. The molecule has 3 heterocycles. The minimum atomic E-state index is -3.13. The normalized spacial score (nSPS) is 27.4. The average molecular weight is 305 g/mol. The Bertz CT molecular complexity index is 737. The lowest BCUT2D eigenvalue weighted by atomic mass is 9.99. The molecule has 2 aromatic rings. The first kappa shape index (κ1) is 12.6. The van der Waals surface area contributed by atoms with Gasteiger partial charge in [0, 0.05) is 25.6 Å². The molecule has 1 aromatic heterocycles.